The zero-order valence-electron chi connectivity index (χ0n) is 14.7. The lowest BCUT2D eigenvalue weighted by molar-refractivity contribution is -0.122. The van der Waals surface area contributed by atoms with Crippen molar-refractivity contribution in [2.24, 2.45) is 5.92 Å². The number of nitrogens with one attached hydrogen (secondary N) is 1. The van der Waals surface area contributed by atoms with Crippen LogP contribution in [0.2, 0.25) is 0 Å². The first kappa shape index (κ1) is 26.8. The molecule has 0 amide bonds. The number of likely N-dealkylation sites (N-methyl/N-ethyl adjacent to an activating group) is 1. The molecular formula is C15H33NO4S2. The van der Waals surface area contributed by atoms with E-state index < -0.39 is 0 Å². The predicted molar refractivity (Wildman–Crippen MR) is 98.4 cm³/mol. The standard InChI is InChI=1S/C13H25NO2S2.2CH4O/c1-5-10(12(15)6-2)8-17-18-9-11(14-4)13(16)7-3;2*1-2/h10-11,14H,5-9H2,1-4H3;2*2H,1H3. The number of ketones is 2. The first-order valence-electron chi connectivity index (χ1n) is 7.47. The van der Waals surface area contributed by atoms with Crippen molar-refractivity contribution >= 4 is 33.2 Å². The van der Waals surface area contributed by atoms with Gasteiger partial charge in [-0.05, 0) is 13.5 Å². The average Bonchev–Trinajstić information content (AvgIpc) is 2.60. The van der Waals surface area contributed by atoms with Crippen molar-refractivity contribution in [1.82, 2.24) is 5.32 Å². The Morgan fingerprint density at radius 2 is 1.36 bits per heavy atom. The minimum atomic E-state index is -0.0607. The van der Waals surface area contributed by atoms with Gasteiger partial charge in [-0.2, -0.15) is 0 Å². The highest BCUT2D eigenvalue weighted by Crippen LogP contribution is 2.26. The van der Waals surface area contributed by atoms with Gasteiger partial charge in [0.15, 0.2) is 0 Å². The highest BCUT2D eigenvalue weighted by Gasteiger charge is 2.17. The van der Waals surface area contributed by atoms with Crippen LogP contribution in [0.15, 0.2) is 0 Å². The molecule has 0 radical (unpaired) electrons. The molecule has 22 heavy (non-hydrogen) atoms. The van der Waals surface area contributed by atoms with Gasteiger partial charge in [0.05, 0.1) is 6.04 Å². The summed E-state index contributed by atoms with van der Waals surface area (Å²) in [5.74, 6) is 2.39. The van der Waals surface area contributed by atoms with Gasteiger partial charge in [0.25, 0.3) is 0 Å². The number of carbonyl (C=O) groups excluding carboxylic acids is 2. The fourth-order valence-electron chi connectivity index (χ4n) is 1.56. The average molecular weight is 356 g/mol. The van der Waals surface area contributed by atoms with Gasteiger partial charge in [-0.3, -0.25) is 9.59 Å². The van der Waals surface area contributed by atoms with E-state index in [9.17, 15) is 9.59 Å². The lowest BCUT2D eigenvalue weighted by atomic mass is 10.0. The van der Waals surface area contributed by atoms with E-state index in [-0.39, 0.29) is 17.7 Å². The highest BCUT2D eigenvalue weighted by atomic mass is 33.1. The number of Topliss-reactive ketones (excluding diaryl/α,β-unsaturated/α-hetero) is 2. The molecule has 5 nitrogen and oxygen atoms in total. The third-order valence-electron chi connectivity index (χ3n) is 2.97. The molecule has 0 bridgehead atoms. The normalized spacial score (nSPS) is 12.2. The second-order valence-electron chi connectivity index (χ2n) is 4.16. The molecule has 0 saturated heterocycles. The summed E-state index contributed by atoms with van der Waals surface area (Å²) >= 11 is 0. The Labute approximate surface area is 143 Å². The second kappa shape index (κ2) is 20.9. The van der Waals surface area contributed by atoms with Crippen LogP contribution in [0.25, 0.3) is 0 Å². The molecule has 0 aromatic rings. The molecule has 0 spiro atoms. The van der Waals surface area contributed by atoms with E-state index in [0.717, 1.165) is 32.1 Å². The number of hydrogen-bond donors (Lipinski definition) is 3. The van der Waals surface area contributed by atoms with Gasteiger partial charge in [-0.25, -0.2) is 0 Å². The van der Waals surface area contributed by atoms with Gasteiger partial charge in [0.1, 0.15) is 11.6 Å². The fraction of sp³-hybridized carbons (Fsp3) is 0.867. The Morgan fingerprint density at radius 3 is 1.73 bits per heavy atom. The van der Waals surface area contributed by atoms with Crippen LogP contribution < -0.4 is 5.32 Å². The third kappa shape index (κ3) is 13.6. The molecule has 0 fully saturated rings. The maximum Gasteiger partial charge on any atom is 0.150 e. The van der Waals surface area contributed by atoms with Gasteiger partial charge in [-0.1, -0.05) is 42.4 Å². The Morgan fingerprint density at radius 1 is 0.909 bits per heavy atom. The minimum absolute atomic E-state index is 0.0607. The smallest absolute Gasteiger partial charge is 0.150 e. The minimum Gasteiger partial charge on any atom is -0.400 e. The van der Waals surface area contributed by atoms with Crippen molar-refractivity contribution in [1.29, 1.82) is 0 Å². The quantitative estimate of drug-likeness (QED) is 0.387. The molecule has 0 aromatic carbocycles. The number of aliphatic hydroxyl groups excluding tert-OH is 2. The Bertz CT molecular complexity index is 240. The zero-order valence-corrected chi connectivity index (χ0v) is 16.4. The number of carbonyl (C=O) groups is 2. The number of rotatable bonds is 11. The molecule has 7 heteroatoms. The van der Waals surface area contributed by atoms with Crippen molar-refractivity contribution in [3.8, 4) is 0 Å². The lowest BCUT2D eigenvalue weighted by Gasteiger charge is -2.15. The molecule has 0 aliphatic heterocycles. The summed E-state index contributed by atoms with van der Waals surface area (Å²) in [7, 11) is 7.21. The van der Waals surface area contributed by atoms with Gasteiger partial charge in [0.2, 0.25) is 0 Å². The lowest BCUT2D eigenvalue weighted by Crippen LogP contribution is -2.35. The maximum atomic E-state index is 11.6. The van der Waals surface area contributed by atoms with Crippen LogP contribution in [0.5, 0.6) is 0 Å². The molecule has 2 unspecified atom stereocenters. The summed E-state index contributed by atoms with van der Waals surface area (Å²) in [5.41, 5.74) is 0. The van der Waals surface area contributed by atoms with E-state index in [0.29, 0.717) is 18.6 Å². The van der Waals surface area contributed by atoms with Crippen LogP contribution in [0, 0.1) is 5.92 Å². The van der Waals surface area contributed by atoms with Crippen molar-refractivity contribution < 1.29 is 19.8 Å². The van der Waals surface area contributed by atoms with Crippen LogP contribution >= 0.6 is 21.6 Å². The monoisotopic (exact) mass is 355 g/mol. The topological polar surface area (TPSA) is 86.6 Å². The molecule has 0 aliphatic carbocycles. The molecule has 0 saturated carbocycles. The SMILES string of the molecule is CCC(=O)C(CC)CSSCC(NC)C(=O)CC.CO.CO. The molecule has 0 aliphatic rings. The van der Waals surface area contributed by atoms with Crippen molar-refractivity contribution in [3.05, 3.63) is 0 Å². The largest absolute Gasteiger partial charge is 0.400 e. The summed E-state index contributed by atoms with van der Waals surface area (Å²) in [6, 6.07) is -0.0607. The summed E-state index contributed by atoms with van der Waals surface area (Å²) < 4.78 is 0. The molecule has 134 valence electrons. The van der Waals surface area contributed by atoms with E-state index in [1.807, 2.05) is 20.9 Å². The van der Waals surface area contributed by atoms with Crippen molar-refractivity contribution in [2.45, 2.75) is 46.1 Å². The number of aliphatic hydroxyl groups is 2. The van der Waals surface area contributed by atoms with Gasteiger partial charge in [0, 0.05) is 44.5 Å². The Kier molecular flexibility index (Phi) is 25.5. The van der Waals surface area contributed by atoms with Crippen molar-refractivity contribution in [3.63, 3.8) is 0 Å². The van der Waals surface area contributed by atoms with Crippen LogP contribution in [0.4, 0.5) is 0 Å². The van der Waals surface area contributed by atoms with E-state index in [4.69, 9.17) is 10.2 Å². The molecule has 0 heterocycles. The molecule has 0 aromatic heterocycles. The highest BCUT2D eigenvalue weighted by molar-refractivity contribution is 8.76. The van der Waals surface area contributed by atoms with Crippen LogP contribution in [0.3, 0.4) is 0 Å². The van der Waals surface area contributed by atoms with Crippen LogP contribution in [-0.4, -0.2) is 60.6 Å². The fourth-order valence-corrected chi connectivity index (χ4v) is 4.30. The number of hydrogen-bond acceptors (Lipinski definition) is 7. The van der Waals surface area contributed by atoms with E-state index in [1.165, 1.54) is 0 Å². The summed E-state index contributed by atoms with van der Waals surface area (Å²) in [6.07, 6.45) is 2.10. The van der Waals surface area contributed by atoms with Gasteiger partial charge >= 0.3 is 0 Å². The molecule has 2 atom stereocenters. The van der Waals surface area contributed by atoms with E-state index in [2.05, 4.69) is 12.2 Å². The van der Waals surface area contributed by atoms with Crippen LogP contribution in [0.1, 0.15) is 40.0 Å². The first-order chi connectivity index (χ1) is 10.6. The van der Waals surface area contributed by atoms with Gasteiger partial charge < -0.3 is 15.5 Å². The summed E-state index contributed by atoms with van der Waals surface area (Å²) in [5, 5.41) is 17.0. The zero-order chi connectivity index (χ0) is 18.0. The molecule has 0 rings (SSSR count). The third-order valence-corrected chi connectivity index (χ3v) is 5.46. The van der Waals surface area contributed by atoms with E-state index >= 15 is 0 Å². The Hall–Kier alpha value is -0.0800. The molecular weight excluding hydrogens is 322 g/mol. The van der Waals surface area contributed by atoms with Crippen molar-refractivity contribution in [2.75, 3.05) is 32.8 Å². The Balaban J connectivity index is -0.000000826. The van der Waals surface area contributed by atoms with Gasteiger partial charge in [-0.15, -0.1) is 0 Å². The summed E-state index contributed by atoms with van der Waals surface area (Å²) in [6.45, 7) is 5.86. The predicted octanol–water partition coefficient (Wildman–Crippen LogP) is 2.16. The second-order valence-corrected chi connectivity index (χ2v) is 6.71. The molecule has 3 N–H and O–H groups in total. The summed E-state index contributed by atoms with van der Waals surface area (Å²) in [4.78, 5) is 23.1. The first-order valence-corrected chi connectivity index (χ1v) is 9.95. The van der Waals surface area contributed by atoms with E-state index in [1.54, 1.807) is 21.6 Å². The maximum absolute atomic E-state index is 11.6. The van der Waals surface area contributed by atoms with Crippen LogP contribution in [-0.2, 0) is 9.59 Å².